The van der Waals surface area contributed by atoms with Crippen LogP contribution in [0.15, 0.2) is 59.1 Å². The van der Waals surface area contributed by atoms with Crippen molar-refractivity contribution in [3.8, 4) is 6.07 Å². The summed E-state index contributed by atoms with van der Waals surface area (Å²) in [5, 5.41) is 12.5. The van der Waals surface area contributed by atoms with E-state index in [2.05, 4.69) is 10.3 Å². The molecule has 0 bridgehead atoms. The van der Waals surface area contributed by atoms with Crippen LogP contribution in [0, 0.1) is 17.1 Å². The van der Waals surface area contributed by atoms with Crippen molar-refractivity contribution in [2.24, 2.45) is 4.99 Å². The Bertz CT molecular complexity index is 1190. The third kappa shape index (κ3) is 4.03. The highest BCUT2D eigenvalue weighted by molar-refractivity contribution is 6.20. The van der Waals surface area contributed by atoms with Crippen molar-refractivity contribution in [3.05, 3.63) is 76.6 Å². The van der Waals surface area contributed by atoms with E-state index >= 15 is 0 Å². The topological polar surface area (TPSA) is 94.8 Å². The average Bonchev–Trinajstić information content (AvgIpc) is 3.12. The highest BCUT2D eigenvalue weighted by Crippen LogP contribution is 2.31. The molecule has 2 amide bonds. The van der Waals surface area contributed by atoms with Gasteiger partial charge in [-0.3, -0.25) is 9.59 Å². The zero-order chi connectivity index (χ0) is 22.8. The van der Waals surface area contributed by atoms with Crippen molar-refractivity contribution in [1.29, 1.82) is 5.26 Å². The predicted molar refractivity (Wildman–Crippen MR) is 116 cm³/mol. The third-order valence-corrected chi connectivity index (χ3v) is 5.28. The molecule has 0 radical (unpaired) electrons. The molecule has 32 heavy (non-hydrogen) atoms. The molecule has 2 heterocycles. The largest absolute Gasteiger partial charge is 0.372 e. The maximum Gasteiger partial charge on any atom is 0.266 e. The molecular formula is C24H21FN4O3. The molecule has 1 N–H and O–H groups in total. The van der Waals surface area contributed by atoms with Crippen LogP contribution in [0.1, 0.15) is 35.3 Å². The number of aliphatic imine (C=N–C) groups is 1. The first-order chi connectivity index (χ1) is 15.4. The van der Waals surface area contributed by atoms with E-state index in [0.29, 0.717) is 24.2 Å². The number of nitrogens with one attached hydrogen (secondary N) is 1. The Labute approximate surface area is 184 Å². The summed E-state index contributed by atoms with van der Waals surface area (Å²) >= 11 is 0. The lowest BCUT2D eigenvalue weighted by atomic mass is 10.0. The van der Waals surface area contributed by atoms with E-state index in [-0.39, 0.29) is 34.9 Å². The van der Waals surface area contributed by atoms with E-state index in [0.717, 1.165) is 0 Å². The van der Waals surface area contributed by atoms with Crippen LogP contribution in [0.2, 0.25) is 0 Å². The molecule has 2 aliphatic heterocycles. The number of amides is 2. The summed E-state index contributed by atoms with van der Waals surface area (Å²) in [4.78, 5) is 31.8. The fourth-order valence-electron chi connectivity index (χ4n) is 3.94. The normalized spacial score (nSPS) is 21.3. The number of hydrogen-bond acceptors (Lipinski definition) is 5. The highest BCUT2D eigenvalue weighted by atomic mass is 19.1. The SMILES string of the molecule is C[C@@H]1CN(C(=O)/C(C#N)=C2\N=C(NC(=O)c3ccccc3F)c3ccccc32)C[C@@H](C)O1. The summed E-state index contributed by atoms with van der Waals surface area (Å²) in [6, 6.07) is 14.6. The molecule has 2 atom stereocenters. The summed E-state index contributed by atoms with van der Waals surface area (Å²) in [6.45, 7) is 4.47. The van der Waals surface area contributed by atoms with E-state index in [1.54, 1.807) is 35.2 Å². The summed E-state index contributed by atoms with van der Waals surface area (Å²) in [7, 11) is 0. The minimum absolute atomic E-state index is 0.117. The van der Waals surface area contributed by atoms with Gasteiger partial charge in [0.1, 0.15) is 23.3 Å². The van der Waals surface area contributed by atoms with Crippen molar-refractivity contribution in [2.45, 2.75) is 26.1 Å². The number of ether oxygens (including phenoxy) is 1. The number of hydrogen-bond donors (Lipinski definition) is 1. The fraction of sp³-hybridized carbons (Fsp3) is 0.250. The first-order valence-electron chi connectivity index (χ1n) is 10.2. The lowest BCUT2D eigenvalue weighted by Crippen LogP contribution is -2.48. The number of morpholine rings is 1. The van der Waals surface area contributed by atoms with Crippen molar-refractivity contribution in [3.63, 3.8) is 0 Å². The number of halogens is 1. The zero-order valence-electron chi connectivity index (χ0n) is 17.6. The van der Waals surface area contributed by atoms with Crippen LogP contribution in [-0.4, -0.2) is 47.8 Å². The van der Waals surface area contributed by atoms with Crippen LogP contribution < -0.4 is 5.32 Å². The molecule has 0 aliphatic carbocycles. The number of rotatable bonds is 2. The van der Waals surface area contributed by atoms with Gasteiger partial charge in [0.2, 0.25) is 0 Å². The smallest absolute Gasteiger partial charge is 0.266 e. The Morgan fingerprint density at radius 3 is 2.38 bits per heavy atom. The Morgan fingerprint density at radius 2 is 1.72 bits per heavy atom. The van der Waals surface area contributed by atoms with Crippen molar-refractivity contribution in [2.75, 3.05) is 13.1 Å². The molecule has 2 aromatic carbocycles. The first-order valence-corrected chi connectivity index (χ1v) is 10.2. The van der Waals surface area contributed by atoms with Gasteiger partial charge >= 0.3 is 0 Å². The predicted octanol–water partition coefficient (Wildman–Crippen LogP) is 2.89. The molecule has 0 saturated carbocycles. The molecular weight excluding hydrogens is 411 g/mol. The van der Waals surface area contributed by atoms with Crippen LogP contribution >= 0.6 is 0 Å². The number of carbonyl (C=O) groups is 2. The van der Waals surface area contributed by atoms with Gasteiger partial charge in [-0.1, -0.05) is 36.4 Å². The van der Waals surface area contributed by atoms with Gasteiger partial charge in [-0.2, -0.15) is 5.26 Å². The molecule has 7 nitrogen and oxygen atoms in total. The van der Waals surface area contributed by atoms with Crippen molar-refractivity contribution >= 4 is 23.3 Å². The number of nitriles is 1. The summed E-state index contributed by atoms with van der Waals surface area (Å²) < 4.78 is 19.7. The van der Waals surface area contributed by atoms with Gasteiger partial charge in [-0.05, 0) is 26.0 Å². The lowest BCUT2D eigenvalue weighted by Gasteiger charge is -2.35. The van der Waals surface area contributed by atoms with Gasteiger partial charge in [0, 0.05) is 24.2 Å². The summed E-state index contributed by atoms with van der Waals surface area (Å²) in [5.41, 5.74) is 1.04. The monoisotopic (exact) mass is 432 g/mol. The van der Waals surface area contributed by atoms with Gasteiger partial charge in [-0.25, -0.2) is 9.38 Å². The number of benzene rings is 2. The van der Waals surface area contributed by atoms with Crippen LogP contribution in [0.25, 0.3) is 5.70 Å². The number of nitrogens with zero attached hydrogens (tertiary/aromatic N) is 3. The van der Waals surface area contributed by atoms with E-state index in [1.807, 2.05) is 19.9 Å². The second-order valence-electron chi connectivity index (χ2n) is 7.74. The first kappa shape index (κ1) is 21.4. The zero-order valence-corrected chi connectivity index (χ0v) is 17.6. The van der Waals surface area contributed by atoms with Crippen molar-refractivity contribution in [1.82, 2.24) is 10.2 Å². The standard InChI is InChI=1S/C24H21FN4O3/c1-14-12-29(13-15(2)32-14)24(31)19(11-26)21-16-7-3-4-8-17(16)22(27-21)28-23(30)18-9-5-6-10-20(18)25/h3-10,14-15H,12-13H2,1-2H3,(H,27,28,30)/b21-19-/t14-,15-/m1/s1. The van der Waals surface area contributed by atoms with Gasteiger partial charge in [0.15, 0.2) is 0 Å². The molecule has 8 heteroatoms. The minimum Gasteiger partial charge on any atom is -0.372 e. The Balaban J connectivity index is 1.71. The molecule has 0 unspecified atom stereocenters. The average molecular weight is 432 g/mol. The molecule has 2 aromatic rings. The van der Waals surface area contributed by atoms with Gasteiger partial charge in [0.05, 0.1) is 23.5 Å². The molecule has 1 saturated heterocycles. The van der Waals surface area contributed by atoms with E-state index < -0.39 is 17.6 Å². The molecule has 1 fully saturated rings. The van der Waals surface area contributed by atoms with E-state index in [9.17, 15) is 19.2 Å². The maximum absolute atomic E-state index is 14.0. The Hall–Kier alpha value is -3.83. The molecule has 0 aromatic heterocycles. The minimum atomic E-state index is -0.668. The Kier molecular flexibility index (Phi) is 5.84. The summed E-state index contributed by atoms with van der Waals surface area (Å²) in [6.07, 6.45) is -0.301. The van der Waals surface area contributed by atoms with Gasteiger partial charge in [-0.15, -0.1) is 0 Å². The number of amidine groups is 1. The van der Waals surface area contributed by atoms with Gasteiger partial charge in [0.25, 0.3) is 11.8 Å². The second kappa shape index (κ2) is 8.73. The van der Waals surface area contributed by atoms with Crippen LogP contribution in [-0.2, 0) is 9.53 Å². The number of fused-ring (bicyclic) bond motifs is 1. The highest BCUT2D eigenvalue weighted by Gasteiger charge is 2.32. The van der Waals surface area contributed by atoms with Crippen molar-refractivity contribution < 1.29 is 18.7 Å². The molecule has 0 spiro atoms. The quantitative estimate of drug-likeness (QED) is 0.583. The van der Waals surface area contributed by atoms with E-state index in [4.69, 9.17) is 4.74 Å². The second-order valence-corrected chi connectivity index (χ2v) is 7.74. The van der Waals surface area contributed by atoms with Crippen LogP contribution in [0.4, 0.5) is 4.39 Å². The maximum atomic E-state index is 14.0. The van der Waals surface area contributed by atoms with Gasteiger partial charge < -0.3 is 15.0 Å². The molecule has 2 aliphatic rings. The van der Waals surface area contributed by atoms with Crippen LogP contribution in [0.5, 0.6) is 0 Å². The Morgan fingerprint density at radius 1 is 1.09 bits per heavy atom. The van der Waals surface area contributed by atoms with Crippen LogP contribution in [0.3, 0.4) is 0 Å². The van der Waals surface area contributed by atoms with E-state index in [1.165, 1.54) is 18.2 Å². The molecule has 4 rings (SSSR count). The molecule has 162 valence electrons. The number of carbonyl (C=O) groups excluding carboxylic acids is 2. The lowest BCUT2D eigenvalue weighted by molar-refractivity contribution is -0.138. The summed E-state index contributed by atoms with van der Waals surface area (Å²) in [5.74, 6) is -1.60. The third-order valence-electron chi connectivity index (χ3n) is 5.28. The fourth-order valence-corrected chi connectivity index (χ4v) is 3.94.